The standard InChI is InChI=1S/C28H22F2N2O2/c1-16-14-20(29)9-10-21(16)26(19-7-8-19)27(18-5-2-17(3-6-18)4-13-25(33)34)22-11-12-24-23(28(22)30)15-31-32-24/h2-6,9-15,19H,7-8H2,1H3,(H,31,32)(H,33,34). The number of benzene rings is 3. The van der Waals surface area contributed by atoms with Crippen LogP contribution in [0.1, 0.15) is 40.7 Å². The fraction of sp³-hybridized carbons (Fsp3) is 0.143. The molecule has 0 unspecified atom stereocenters. The zero-order valence-corrected chi connectivity index (χ0v) is 18.5. The molecule has 1 heterocycles. The molecule has 1 aliphatic rings. The van der Waals surface area contributed by atoms with Crippen LogP contribution in [-0.4, -0.2) is 21.3 Å². The second-order valence-corrected chi connectivity index (χ2v) is 8.57. The molecule has 0 amide bonds. The van der Waals surface area contributed by atoms with Crippen LogP contribution in [-0.2, 0) is 4.79 Å². The Labute approximate surface area is 195 Å². The van der Waals surface area contributed by atoms with Crippen LogP contribution in [0.5, 0.6) is 0 Å². The van der Waals surface area contributed by atoms with Crippen molar-refractivity contribution in [2.24, 2.45) is 5.92 Å². The van der Waals surface area contributed by atoms with Gasteiger partial charge in [-0.05, 0) is 89.4 Å². The summed E-state index contributed by atoms with van der Waals surface area (Å²) in [5, 5.41) is 16.1. The maximum Gasteiger partial charge on any atom is 0.328 e. The lowest BCUT2D eigenvalue weighted by Crippen LogP contribution is -2.02. The molecule has 0 spiro atoms. The number of aliphatic carboxylic acids is 1. The molecule has 1 aromatic heterocycles. The van der Waals surface area contributed by atoms with E-state index in [1.165, 1.54) is 24.4 Å². The van der Waals surface area contributed by atoms with Gasteiger partial charge in [-0.2, -0.15) is 5.10 Å². The summed E-state index contributed by atoms with van der Waals surface area (Å²) in [6.07, 6.45) is 6.02. The van der Waals surface area contributed by atoms with Crippen LogP contribution in [0.4, 0.5) is 8.78 Å². The number of halogens is 2. The summed E-state index contributed by atoms with van der Waals surface area (Å²) < 4.78 is 29.7. The van der Waals surface area contributed by atoms with E-state index in [1.54, 1.807) is 12.1 Å². The van der Waals surface area contributed by atoms with Crippen LogP contribution in [0.3, 0.4) is 0 Å². The van der Waals surface area contributed by atoms with Gasteiger partial charge in [0.25, 0.3) is 0 Å². The molecule has 0 bridgehead atoms. The molecule has 2 N–H and O–H groups in total. The third-order valence-corrected chi connectivity index (χ3v) is 6.18. The van der Waals surface area contributed by atoms with Crippen LogP contribution in [0.25, 0.3) is 28.1 Å². The van der Waals surface area contributed by atoms with Crippen LogP contribution >= 0.6 is 0 Å². The van der Waals surface area contributed by atoms with Crippen molar-refractivity contribution in [1.29, 1.82) is 0 Å². The molecule has 4 aromatic rings. The third-order valence-electron chi connectivity index (χ3n) is 6.18. The van der Waals surface area contributed by atoms with E-state index in [0.29, 0.717) is 16.5 Å². The van der Waals surface area contributed by atoms with E-state index in [4.69, 9.17) is 5.11 Å². The maximum atomic E-state index is 15.8. The van der Waals surface area contributed by atoms with Gasteiger partial charge in [0.2, 0.25) is 0 Å². The molecule has 1 fully saturated rings. The van der Waals surface area contributed by atoms with Crippen molar-refractivity contribution < 1.29 is 18.7 Å². The number of aryl methyl sites for hydroxylation is 1. The number of hydrogen-bond donors (Lipinski definition) is 2. The molecule has 4 nitrogen and oxygen atoms in total. The second kappa shape index (κ2) is 8.71. The minimum absolute atomic E-state index is 0.241. The van der Waals surface area contributed by atoms with Gasteiger partial charge < -0.3 is 5.11 Å². The van der Waals surface area contributed by atoms with E-state index >= 15 is 4.39 Å². The van der Waals surface area contributed by atoms with Crippen molar-refractivity contribution in [3.8, 4) is 0 Å². The van der Waals surface area contributed by atoms with E-state index in [0.717, 1.165) is 52.3 Å². The zero-order valence-electron chi connectivity index (χ0n) is 18.5. The number of nitrogens with one attached hydrogen (secondary N) is 1. The lowest BCUT2D eigenvalue weighted by molar-refractivity contribution is -0.131. The molecule has 1 aliphatic carbocycles. The Kier molecular flexibility index (Phi) is 5.57. The van der Waals surface area contributed by atoms with Crippen LogP contribution in [0, 0.1) is 24.5 Å². The van der Waals surface area contributed by atoms with Gasteiger partial charge in [0.05, 0.1) is 17.1 Å². The predicted octanol–water partition coefficient (Wildman–Crippen LogP) is 6.62. The highest BCUT2D eigenvalue weighted by molar-refractivity contribution is 6.02. The average molecular weight is 456 g/mol. The first-order valence-corrected chi connectivity index (χ1v) is 11.1. The molecule has 0 atom stereocenters. The van der Waals surface area contributed by atoms with Gasteiger partial charge in [-0.1, -0.05) is 30.3 Å². The lowest BCUT2D eigenvalue weighted by Gasteiger charge is -2.19. The largest absolute Gasteiger partial charge is 0.478 e. The summed E-state index contributed by atoms with van der Waals surface area (Å²) in [6.45, 7) is 1.87. The van der Waals surface area contributed by atoms with E-state index in [9.17, 15) is 9.18 Å². The molecule has 6 heteroatoms. The number of carboxylic acids is 1. The number of carboxylic acid groups (broad SMARTS) is 1. The molecule has 3 aromatic carbocycles. The van der Waals surface area contributed by atoms with Crippen LogP contribution < -0.4 is 0 Å². The molecule has 34 heavy (non-hydrogen) atoms. The SMILES string of the molecule is Cc1cc(F)ccc1C(=C(c1ccc(C=CC(=O)O)cc1)c1ccc2[nH]ncc2c1F)C1CC1. The van der Waals surface area contributed by atoms with E-state index in [-0.39, 0.29) is 17.6 Å². The van der Waals surface area contributed by atoms with Crippen LogP contribution in [0.2, 0.25) is 0 Å². The number of hydrogen-bond acceptors (Lipinski definition) is 2. The fourth-order valence-electron chi connectivity index (χ4n) is 4.42. The molecular formula is C28H22F2N2O2. The Balaban J connectivity index is 1.77. The Morgan fingerprint density at radius 1 is 1.06 bits per heavy atom. The number of H-pyrrole nitrogens is 1. The van der Waals surface area contributed by atoms with E-state index in [1.807, 2.05) is 37.3 Å². The molecule has 5 rings (SSSR count). The highest BCUT2D eigenvalue weighted by atomic mass is 19.1. The Morgan fingerprint density at radius 3 is 2.47 bits per heavy atom. The topological polar surface area (TPSA) is 66.0 Å². The number of carbonyl (C=O) groups is 1. The van der Waals surface area contributed by atoms with Gasteiger partial charge in [-0.3, -0.25) is 5.10 Å². The fourth-order valence-corrected chi connectivity index (χ4v) is 4.42. The second-order valence-electron chi connectivity index (χ2n) is 8.57. The zero-order chi connectivity index (χ0) is 23.8. The first kappa shape index (κ1) is 21.8. The lowest BCUT2D eigenvalue weighted by atomic mass is 9.84. The first-order valence-electron chi connectivity index (χ1n) is 11.1. The molecule has 1 saturated carbocycles. The normalized spacial score (nSPS) is 14.6. The summed E-state index contributed by atoms with van der Waals surface area (Å²) in [5.41, 5.74) is 6.04. The number of aromatic amines is 1. The minimum Gasteiger partial charge on any atom is -0.478 e. The summed E-state index contributed by atoms with van der Waals surface area (Å²) in [5.74, 6) is -1.46. The van der Waals surface area contributed by atoms with Gasteiger partial charge in [0, 0.05) is 11.6 Å². The quantitative estimate of drug-likeness (QED) is 0.253. The van der Waals surface area contributed by atoms with Crippen molar-refractivity contribution in [3.05, 3.63) is 106 Å². The van der Waals surface area contributed by atoms with E-state index < -0.39 is 5.97 Å². The highest BCUT2D eigenvalue weighted by Crippen LogP contribution is 2.49. The Hall–Kier alpha value is -4.06. The number of nitrogens with zero attached hydrogens (tertiary/aromatic N) is 1. The minimum atomic E-state index is -1.03. The summed E-state index contributed by atoms with van der Waals surface area (Å²) in [6, 6.07) is 15.7. The van der Waals surface area contributed by atoms with Gasteiger partial charge in [0.15, 0.2) is 0 Å². The van der Waals surface area contributed by atoms with Gasteiger partial charge in [-0.15, -0.1) is 0 Å². The van der Waals surface area contributed by atoms with Crippen LogP contribution in [0.15, 0.2) is 66.9 Å². The average Bonchev–Trinajstić information content (AvgIpc) is 3.53. The maximum absolute atomic E-state index is 15.8. The van der Waals surface area contributed by atoms with Gasteiger partial charge in [0.1, 0.15) is 11.6 Å². The molecule has 0 radical (unpaired) electrons. The number of rotatable bonds is 6. The van der Waals surface area contributed by atoms with Crippen molar-refractivity contribution in [1.82, 2.24) is 10.2 Å². The van der Waals surface area contributed by atoms with Crippen molar-refractivity contribution in [2.45, 2.75) is 19.8 Å². The Bertz CT molecular complexity index is 1460. The summed E-state index contributed by atoms with van der Waals surface area (Å²) in [7, 11) is 0. The molecule has 170 valence electrons. The predicted molar refractivity (Wildman–Crippen MR) is 129 cm³/mol. The van der Waals surface area contributed by atoms with Crippen molar-refractivity contribution in [3.63, 3.8) is 0 Å². The smallest absolute Gasteiger partial charge is 0.328 e. The van der Waals surface area contributed by atoms with Crippen molar-refractivity contribution in [2.75, 3.05) is 0 Å². The van der Waals surface area contributed by atoms with E-state index in [2.05, 4.69) is 10.2 Å². The van der Waals surface area contributed by atoms with Gasteiger partial charge in [-0.25, -0.2) is 13.6 Å². The summed E-state index contributed by atoms with van der Waals surface area (Å²) in [4.78, 5) is 10.9. The van der Waals surface area contributed by atoms with Crippen molar-refractivity contribution >= 4 is 34.1 Å². The first-order chi connectivity index (χ1) is 16.4. The number of fused-ring (bicyclic) bond motifs is 1. The van der Waals surface area contributed by atoms with Gasteiger partial charge >= 0.3 is 5.97 Å². The number of aromatic nitrogens is 2. The summed E-state index contributed by atoms with van der Waals surface area (Å²) >= 11 is 0. The Morgan fingerprint density at radius 2 is 1.79 bits per heavy atom. The molecule has 0 saturated heterocycles. The molecule has 0 aliphatic heterocycles. The molecular weight excluding hydrogens is 434 g/mol. The monoisotopic (exact) mass is 456 g/mol. The third kappa shape index (κ3) is 4.15. The highest BCUT2D eigenvalue weighted by Gasteiger charge is 2.32. The number of allylic oxidation sites excluding steroid dienone is 1.